The first kappa shape index (κ1) is 22.7. The van der Waals surface area contributed by atoms with Gasteiger partial charge in [-0.25, -0.2) is 0 Å². The minimum atomic E-state index is 0.00931. The Balaban J connectivity index is 1.88. The molecule has 0 bridgehead atoms. The Morgan fingerprint density at radius 3 is 1.84 bits per heavy atom. The lowest BCUT2D eigenvalue weighted by Gasteiger charge is -2.16. The van der Waals surface area contributed by atoms with Crippen LogP contribution in [0.2, 0.25) is 0 Å². The molecule has 0 aromatic heterocycles. The summed E-state index contributed by atoms with van der Waals surface area (Å²) in [6.07, 6.45) is 2.27. The first-order valence-corrected chi connectivity index (χ1v) is 11.2. The summed E-state index contributed by atoms with van der Waals surface area (Å²) >= 11 is 0. The third-order valence-corrected chi connectivity index (χ3v) is 6.00. The Morgan fingerprint density at radius 2 is 1.29 bits per heavy atom. The Morgan fingerprint density at radius 1 is 0.742 bits per heavy atom. The first-order chi connectivity index (χ1) is 14.8. The predicted octanol–water partition coefficient (Wildman–Crippen LogP) is 7.23. The minimum Gasteiger partial charge on any atom is -0.295 e. The van der Waals surface area contributed by atoms with Crippen molar-refractivity contribution in [2.75, 3.05) is 0 Å². The van der Waals surface area contributed by atoms with Crippen molar-refractivity contribution in [3.63, 3.8) is 0 Å². The molecule has 31 heavy (non-hydrogen) atoms. The van der Waals surface area contributed by atoms with Gasteiger partial charge in [0, 0.05) is 17.5 Å². The molecule has 0 aliphatic carbocycles. The van der Waals surface area contributed by atoms with E-state index in [4.69, 9.17) is 0 Å². The van der Waals surface area contributed by atoms with E-state index >= 15 is 0 Å². The van der Waals surface area contributed by atoms with Crippen molar-refractivity contribution in [2.24, 2.45) is 0 Å². The van der Waals surface area contributed by atoms with Gasteiger partial charge in [-0.2, -0.15) is 0 Å². The second-order valence-corrected chi connectivity index (χ2v) is 8.50. The van der Waals surface area contributed by atoms with Gasteiger partial charge in [0.15, 0.2) is 11.6 Å². The summed E-state index contributed by atoms with van der Waals surface area (Å²) in [6.45, 7) is 10.4. The largest absolute Gasteiger partial charge is 0.295 e. The second kappa shape index (κ2) is 9.87. The number of Topliss-reactive ketones (excluding diaryl/α,β-unsaturated/α-hetero) is 2. The Labute approximate surface area is 186 Å². The van der Waals surface area contributed by atoms with Gasteiger partial charge < -0.3 is 0 Å². The third-order valence-electron chi connectivity index (χ3n) is 6.00. The summed E-state index contributed by atoms with van der Waals surface area (Å²) in [7, 11) is 0. The van der Waals surface area contributed by atoms with E-state index in [1.165, 1.54) is 34.7 Å². The molecule has 3 aromatic carbocycles. The number of rotatable bonds is 8. The van der Waals surface area contributed by atoms with Crippen molar-refractivity contribution in [1.29, 1.82) is 0 Å². The number of ketones is 2. The topological polar surface area (TPSA) is 34.1 Å². The van der Waals surface area contributed by atoms with E-state index in [0.717, 1.165) is 18.4 Å². The fourth-order valence-electron chi connectivity index (χ4n) is 4.02. The number of hydrogen-bond donors (Lipinski definition) is 0. The highest BCUT2D eigenvalue weighted by Gasteiger charge is 2.13. The molecule has 0 heterocycles. The molecule has 3 rings (SSSR count). The molecule has 0 spiro atoms. The van der Waals surface area contributed by atoms with Crippen LogP contribution in [-0.2, 0) is 19.3 Å². The third kappa shape index (κ3) is 5.19. The van der Waals surface area contributed by atoms with Gasteiger partial charge in [-0.3, -0.25) is 9.59 Å². The van der Waals surface area contributed by atoms with Crippen LogP contribution in [0.15, 0.2) is 60.7 Å². The van der Waals surface area contributed by atoms with Gasteiger partial charge in [0.1, 0.15) is 0 Å². The van der Waals surface area contributed by atoms with Crippen LogP contribution in [0.5, 0.6) is 0 Å². The molecule has 0 fully saturated rings. The van der Waals surface area contributed by atoms with Crippen LogP contribution in [0, 0.1) is 0 Å². The average Bonchev–Trinajstić information content (AvgIpc) is 2.78. The van der Waals surface area contributed by atoms with Crippen LogP contribution in [0.3, 0.4) is 0 Å². The van der Waals surface area contributed by atoms with E-state index in [0.29, 0.717) is 23.5 Å². The molecule has 0 aliphatic rings. The summed E-state index contributed by atoms with van der Waals surface area (Å²) in [6, 6.07) is 20.2. The van der Waals surface area contributed by atoms with E-state index in [1.54, 1.807) is 24.3 Å². The van der Waals surface area contributed by atoms with Gasteiger partial charge in [-0.1, -0.05) is 88.4 Å². The highest BCUT2D eigenvalue weighted by atomic mass is 16.1. The molecule has 2 nitrogen and oxygen atoms in total. The molecule has 0 amide bonds. The van der Waals surface area contributed by atoms with Gasteiger partial charge in [-0.15, -0.1) is 0 Å². The van der Waals surface area contributed by atoms with Crippen molar-refractivity contribution in [2.45, 2.75) is 59.8 Å². The number of benzene rings is 3. The Hall–Kier alpha value is -3.00. The zero-order valence-corrected chi connectivity index (χ0v) is 19.3. The second-order valence-electron chi connectivity index (χ2n) is 8.50. The molecule has 0 unspecified atom stereocenters. The summed E-state index contributed by atoms with van der Waals surface area (Å²) in [4.78, 5) is 24.2. The molecule has 2 heteroatoms. The minimum absolute atomic E-state index is 0.00931. The van der Waals surface area contributed by atoms with Gasteiger partial charge in [-0.05, 0) is 59.1 Å². The summed E-state index contributed by atoms with van der Waals surface area (Å²) in [5, 5.41) is 0. The van der Waals surface area contributed by atoms with Crippen molar-refractivity contribution in [3.05, 3.63) is 94.0 Å². The smallest absolute Gasteiger partial charge is 0.167 e. The molecule has 0 atom stereocenters. The molecule has 3 aromatic rings. The summed E-state index contributed by atoms with van der Waals surface area (Å²) < 4.78 is 0. The maximum absolute atomic E-state index is 12.8. The van der Waals surface area contributed by atoms with E-state index in [2.05, 4.69) is 64.1 Å². The van der Waals surface area contributed by atoms with Crippen LogP contribution in [0.1, 0.15) is 83.5 Å². The van der Waals surface area contributed by atoms with Gasteiger partial charge >= 0.3 is 0 Å². The molecule has 0 N–H and O–H groups in total. The zero-order chi connectivity index (χ0) is 22.5. The van der Waals surface area contributed by atoms with E-state index < -0.39 is 0 Å². The molecule has 0 saturated heterocycles. The molecule has 0 aliphatic heterocycles. The van der Waals surface area contributed by atoms with Crippen LogP contribution in [-0.4, -0.2) is 11.6 Å². The summed E-state index contributed by atoms with van der Waals surface area (Å²) in [5.41, 5.74) is 8.86. The van der Waals surface area contributed by atoms with Crippen molar-refractivity contribution >= 4 is 11.6 Å². The van der Waals surface area contributed by atoms with Crippen LogP contribution in [0.4, 0.5) is 0 Å². The Bertz CT molecular complexity index is 1090. The highest BCUT2D eigenvalue weighted by molar-refractivity contribution is 5.99. The van der Waals surface area contributed by atoms with Crippen LogP contribution < -0.4 is 0 Å². The molecule has 0 saturated carbocycles. The van der Waals surface area contributed by atoms with Gasteiger partial charge in [0.05, 0.1) is 0 Å². The average molecular weight is 413 g/mol. The number of carbonyl (C=O) groups is 2. The van der Waals surface area contributed by atoms with E-state index in [9.17, 15) is 9.59 Å². The van der Waals surface area contributed by atoms with E-state index in [-0.39, 0.29) is 11.6 Å². The number of hydrogen-bond acceptors (Lipinski definition) is 2. The standard InChI is InChI=1S/C29H32O2/c1-6-22-16-21(17-29(31)25-11-9-24(10-12-25)20(5)30)8-14-27(22)28-15-13-26(19(3)4)18-23(28)7-2/h8-16,18-19H,6-7,17H2,1-5H3. The molecule has 160 valence electrons. The van der Waals surface area contributed by atoms with Crippen molar-refractivity contribution in [1.82, 2.24) is 0 Å². The zero-order valence-electron chi connectivity index (χ0n) is 19.3. The van der Waals surface area contributed by atoms with Gasteiger partial charge in [0.2, 0.25) is 0 Å². The van der Waals surface area contributed by atoms with Crippen LogP contribution >= 0.6 is 0 Å². The normalized spacial score (nSPS) is 11.0. The monoisotopic (exact) mass is 412 g/mol. The van der Waals surface area contributed by atoms with Crippen LogP contribution in [0.25, 0.3) is 11.1 Å². The predicted molar refractivity (Wildman–Crippen MR) is 129 cm³/mol. The number of aryl methyl sites for hydroxylation is 2. The maximum Gasteiger partial charge on any atom is 0.167 e. The fourth-order valence-corrected chi connectivity index (χ4v) is 4.02. The van der Waals surface area contributed by atoms with Crippen molar-refractivity contribution in [3.8, 4) is 11.1 Å². The highest BCUT2D eigenvalue weighted by Crippen LogP contribution is 2.31. The number of carbonyl (C=O) groups excluding carboxylic acids is 2. The molecule has 0 radical (unpaired) electrons. The molecular formula is C29H32O2. The van der Waals surface area contributed by atoms with Gasteiger partial charge in [0.25, 0.3) is 0 Å². The molecular weight excluding hydrogens is 380 g/mol. The lowest BCUT2D eigenvalue weighted by Crippen LogP contribution is -2.05. The maximum atomic E-state index is 12.8. The quantitative estimate of drug-likeness (QED) is 0.366. The SMILES string of the molecule is CCc1cc(CC(=O)c2ccc(C(C)=O)cc2)ccc1-c1ccc(C(C)C)cc1CC. The summed E-state index contributed by atoms with van der Waals surface area (Å²) in [5.74, 6) is 0.596. The Kier molecular flexibility index (Phi) is 7.22. The van der Waals surface area contributed by atoms with Crippen molar-refractivity contribution < 1.29 is 9.59 Å². The first-order valence-electron chi connectivity index (χ1n) is 11.2. The lowest BCUT2D eigenvalue weighted by atomic mass is 9.88. The van der Waals surface area contributed by atoms with E-state index in [1.807, 2.05) is 0 Å². The fraction of sp³-hybridized carbons (Fsp3) is 0.310. The lowest BCUT2D eigenvalue weighted by molar-refractivity contribution is 0.0987.